The maximum absolute atomic E-state index is 14.9. The van der Waals surface area contributed by atoms with Crippen molar-refractivity contribution in [3.63, 3.8) is 0 Å². The van der Waals surface area contributed by atoms with Gasteiger partial charge in [-0.25, -0.2) is 22.7 Å². The van der Waals surface area contributed by atoms with Gasteiger partial charge in [-0.3, -0.25) is 14.8 Å². The molecule has 0 radical (unpaired) electrons. The molecular formula is C25H30ClF2N3O6S. The Morgan fingerprint density at radius 3 is 2.21 bits per heavy atom. The highest BCUT2D eigenvalue weighted by Gasteiger charge is 2.42. The van der Waals surface area contributed by atoms with Gasteiger partial charge in [0.2, 0.25) is 15.9 Å². The monoisotopic (exact) mass is 573 g/mol. The largest absolute Gasteiger partial charge is 0.451 e. The van der Waals surface area contributed by atoms with Crippen LogP contribution >= 0.6 is 11.6 Å². The number of benzene rings is 2. The maximum atomic E-state index is 14.9. The summed E-state index contributed by atoms with van der Waals surface area (Å²) in [5, 5.41) is 9.64. The van der Waals surface area contributed by atoms with Crippen LogP contribution in [0.15, 0.2) is 41.3 Å². The van der Waals surface area contributed by atoms with Gasteiger partial charge in [-0.05, 0) is 49.2 Å². The van der Waals surface area contributed by atoms with Crippen molar-refractivity contribution in [2.45, 2.75) is 50.5 Å². The van der Waals surface area contributed by atoms with Gasteiger partial charge in [-0.2, -0.15) is 4.31 Å². The first-order chi connectivity index (χ1) is 18.0. The zero-order valence-corrected chi connectivity index (χ0v) is 22.6. The molecule has 0 aromatic heterocycles. The molecule has 0 unspecified atom stereocenters. The molecule has 1 aliphatic heterocycles. The minimum absolute atomic E-state index is 0.0279. The molecule has 0 saturated carbocycles. The fraction of sp³-hybridized carbons (Fsp3) is 0.440. The average Bonchev–Trinajstić information content (AvgIpc) is 2.90. The Hall–Kier alpha value is -2.80. The van der Waals surface area contributed by atoms with E-state index >= 15 is 0 Å². The number of halogens is 3. The summed E-state index contributed by atoms with van der Waals surface area (Å²) in [6.07, 6.45) is 2.84. The molecule has 1 aliphatic rings. The lowest BCUT2D eigenvalue weighted by Gasteiger charge is -2.40. The van der Waals surface area contributed by atoms with Crippen LogP contribution in [0, 0.1) is 17.6 Å². The van der Waals surface area contributed by atoms with Crippen molar-refractivity contribution in [2.24, 2.45) is 5.92 Å². The number of hydrogen-bond donors (Lipinski definition) is 2. The van der Waals surface area contributed by atoms with Crippen LogP contribution in [0.3, 0.4) is 0 Å². The van der Waals surface area contributed by atoms with Gasteiger partial charge in [0.25, 0.3) is 5.91 Å². The van der Waals surface area contributed by atoms with Crippen molar-refractivity contribution in [3.8, 4) is 11.5 Å². The van der Waals surface area contributed by atoms with Crippen LogP contribution in [0.25, 0.3) is 0 Å². The Morgan fingerprint density at radius 2 is 1.68 bits per heavy atom. The first-order valence-corrected chi connectivity index (χ1v) is 14.0. The molecule has 0 bridgehead atoms. The van der Waals surface area contributed by atoms with Crippen molar-refractivity contribution < 1.29 is 36.7 Å². The second-order valence-electron chi connectivity index (χ2n) is 8.94. The number of amides is 2. The summed E-state index contributed by atoms with van der Waals surface area (Å²) in [7, 11) is -4.63. The number of ether oxygens (including phenoxy) is 1. The van der Waals surface area contributed by atoms with E-state index in [1.54, 1.807) is 0 Å². The molecule has 0 aliphatic carbocycles. The third kappa shape index (κ3) is 6.60. The minimum Gasteiger partial charge on any atom is -0.451 e. The lowest BCUT2D eigenvalue weighted by Crippen LogP contribution is -2.61. The summed E-state index contributed by atoms with van der Waals surface area (Å²) in [6.45, 7) is 3.24. The zero-order chi connectivity index (χ0) is 28.0. The molecule has 2 amide bonds. The van der Waals surface area contributed by atoms with Gasteiger partial charge >= 0.3 is 0 Å². The third-order valence-electron chi connectivity index (χ3n) is 6.29. The van der Waals surface area contributed by atoms with Gasteiger partial charge in [0.05, 0.1) is 4.90 Å². The summed E-state index contributed by atoms with van der Waals surface area (Å²) >= 11 is 5.80. The van der Waals surface area contributed by atoms with Gasteiger partial charge in [0.1, 0.15) is 11.8 Å². The predicted octanol–water partition coefficient (Wildman–Crippen LogP) is 4.33. The van der Waals surface area contributed by atoms with Gasteiger partial charge in [-0.1, -0.05) is 38.3 Å². The van der Waals surface area contributed by atoms with Gasteiger partial charge in [0, 0.05) is 30.6 Å². The van der Waals surface area contributed by atoms with Gasteiger partial charge < -0.3 is 9.64 Å². The highest BCUT2D eigenvalue weighted by molar-refractivity contribution is 7.89. The summed E-state index contributed by atoms with van der Waals surface area (Å²) in [6, 6.07) is 5.35. The number of carbonyl (C=O) groups excluding carboxylic acids is 2. The molecule has 1 atom stereocenters. The van der Waals surface area contributed by atoms with Crippen molar-refractivity contribution >= 4 is 33.4 Å². The zero-order valence-electron chi connectivity index (χ0n) is 21.0. The van der Waals surface area contributed by atoms with Gasteiger partial charge in [0.15, 0.2) is 17.4 Å². The molecule has 0 spiro atoms. The van der Waals surface area contributed by atoms with Crippen LogP contribution in [0.2, 0.25) is 5.02 Å². The van der Waals surface area contributed by atoms with Crippen LogP contribution in [0.4, 0.5) is 8.78 Å². The van der Waals surface area contributed by atoms with Crippen LogP contribution in [0.1, 0.15) is 39.5 Å². The van der Waals surface area contributed by atoms with E-state index in [0.717, 1.165) is 17.1 Å². The standard InChI is InChI=1S/C25H30ClF2N3O6S/c1-3-5-16(6-4-2)25(33)30-11-12-31(22(15-30)24(32)29-34)38(35,36)19-13-20(27)23(21(28)14-19)37-18-9-7-17(26)8-10-18/h7-10,13-14,16,22,34H,3-6,11-12,15H2,1-2H3,(H,29,32)/t22-/m1/s1. The molecule has 9 nitrogen and oxygen atoms in total. The van der Waals surface area contributed by atoms with Crippen molar-refractivity contribution in [1.82, 2.24) is 14.7 Å². The Kier molecular flexibility index (Phi) is 10.0. The minimum atomic E-state index is -4.63. The lowest BCUT2D eigenvalue weighted by molar-refractivity contribution is -0.142. The predicted molar refractivity (Wildman–Crippen MR) is 135 cm³/mol. The van der Waals surface area contributed by atoms with Crippen LogP contribution < -0.4 is 10.2 Å². The maximum Gasteiger partial charge on any atom is 0.263 e. The van der Waals surface area contributed by atoms with Crippen LogP contribution in [0.5, 0.6) is 11.5 Å². The topological polar surface area (TPSA) is 116 Å². The Bertz CT molecular complexity index is 1230. The highest BCUT2D eigenvalue weighted by atomic mass is 35.5. The van der Waals surface area contributed by atoms with Gasteiger partial charge in [-0.15, -0.1) is 0 Å². The van der Waals surface area contributed by atoms with E-state index in [-0.39, 0.29) is 37.2 Å². The molecule has 2 N–H and O–H groups in total. The molecule has 3 rings (SSSR count). The second-order valence-corrected chi connectivity index (χ2v) is 11.3. The number of nitrogens with one attached hydrogen (secondary N) is 1. The number of carbonyl (C=O) groups is 2. The highest BCUT2D eigenvalue weighted by Crippen LogP contribution is 2.32. The number of rotatable bonds is 10. The third-order valence-corrected chi connectivity index (χ3v) is 8.43. The van der Waals surface area contributed by atoms with E-state index in [0.29, 0.717) is 30.0 Å². The first-order valence-electron chi connectivity index (χ1n) is 12.2. The van der Waals surface area contributed by atoms with E-state index in [2.05, 4.69) is 0 Å². The number of nitrogens with zero attached hydrogens (tertiary/aromatic N) is 2. The molecule has 1 saturated heterocycles. The summed E-state index contributed by atoms with van der Waals surface area (Å²) in [5.74, 6) is -4.85. The molecule has 1 fully saturated rings. The van der Waals surface area contributed by atoms with Crippen molar-refractivity contribution in [3.05, 3.63) is 53.1 Å². The van der Waals surface area contributed by atoms with E-state index in [1.165, 1.54) is 34.6 Å². The second kappa shape index (κ2) is 12.8. The average molecular weight is 574 g/mol. The smallest absolute Gasteiger partial charge is 0.263 e. The Morgan fingerprint density at radius 1 is 1.11 bits per heavy atom. The lowest BCUT2D eigenvalue weighted by atomic mass is 9.96. The SMILES string of the molecule is CCCC(CCC)C(=O)N1CCN(S(=O)(=O)c2cc(F)c(Oc3ccc(Cl)cc3)c(F)c2)[C@@H](C(=O)NO)C1. The first kappa shape index (κ1) is 29.8. The van der Waals surface area contributed by atoms with Crippen LogP contribution in [-0.2, 0) is 19.6 Å². The fourth-order valence-corrected chi connectivity index (χ4v) is 6.15. The summed E-state index contributed by atoms with van der Waals surface area (Å²) < 4.78 is 62.5. The normalized spacial score (nSPS) is 16.5. The van der Waals surface area contributed by atoms with E-state index < -0.39 is 44.3 Å². The quantitative estimate of drug-likeness (QED) is 0.323. The number of hydrogen-bond acceptors (Lipinski definition) is 6. The number of piperazine rings is 1. The fourth-order valence-electron chi connectivity index (χ4n) is 4.43. The van der Waals surface area contributed by atoms with Crippen molar-refractivity contribution in [1.29, 1.82) is 0 Å². The molecule has 208 valence electrons. The molecule has 38 heavy (non-hydrogen) atoms. The van der Waals surface area contributed by atoms with Crippen molar-refractivity contribution in [2.75, 3.05) is 19.6 Å². The molecule has 13 heteroatoms. The molecule has 1 heterocycles. The Labute approximate surface area is 225 Å². The molecule has 2 aromatic rings. The van der Waals surface area contributed by atoms with E-state index in [1.807, 2.05) is 13.8 Å². The summed E-state index contributed by atoms with van der Waals surface area (Å²) in [5.41, 5.74) is 1.43. The number of sulfonamides is 1. The van der Waals surface area contributed by atoms with Crippen LogP contribution in [-0.4, -0.2) is 60.3 Å². The number of hydroxylamine groups is 1. The molecular weight excluding hydrogens is 544 g/mol. The summed E-state index contributed by atoms with van der Waals surface area (Å²) in [4.78, 5) is 26.2. The van der Waals surface area contributed by atoms with E-state index in [9.17, 15) is 32.0 Å². The molecule has 2 aromatic carbocycles. The Balaban J connectivity index is 1.88. The van der Waals surface area contributed by atoms with E-state index in [4.69, 9.17) is 16.3 Å².